The molecule has 0 spiro atoms. The normalized spacial score (nSPS) is 14.5. The molecule has 1 aliphatic rings. The minimum atomic E-state index is -3.56. The molecular formula is C22H26ClFN6O2S. The van der Waals surface area contributed by atoms with Crippen LogP contribution in [-0.2, 0) is 10.0 Å². The number of hydrogen-bond acceptors (Lipinski definition) is 7. The van der Waals surface area contributed by atoms with Crippen molar-refractivity contribution in [3.63, 3.8) is 0 Å². The molecule has 0 aliphatic carbocycles. The SMILES string of the molecule is CN(C1CCNCC1)S(=O)(=O)c1ccc(Nc2nccc(Nc3ccc(F)cc3)n2)cc1.Cl. The fourth-order valence-corrected chi connectivity index (χ4v) is 4.96. The van der Waals surface area contributed by atoms with Crippen LogP contribution in [0, 0.1) is 5.82 Å². The molecular weight excluding hydrogens is 467 g/mol. The van der Waals surface area contributed by atoms with Gasteiger partial charge >= 0.3 is 0 Å². The Morgan fingerprint density at radius 3 is 2.24 bits per heavy atom. The quantitative estimate of drug-likeness (QED) is 0.460. The van der Waals surface area contributed by atoms with Crippen molar-refractivity contribution < 1.29 is 12.8 Å². The predicted octanol–water partition coefficient (Wildman–Crippen LogP) is 3.90. The molecule has 8 nitrogen and oxygen atoms in total. The third-order valence-corrected chi connectivity index (χ3v) is 7.31. The Labute approximate surface area is 199 Å². The number of benzene rings is 2. The van der Waals surface area contributed by atoms with Gasteiger partial charge in [0, 0.05) is 30.7 Å². The van der Waals surface area contributed by atoms with Gasteiger partial charge in [-0.05, 0) is 80.5 Å². The Balaban J connectivity index is 0.00000306. The van der Waals surface area contributed by atoms with Crippen LogP contribution < -0.4 is 16.0 Å². The monoisotopic (exact) mass is 492 g/mol. The second-order valence-corrected chi connectivity index (χ2v) is 9.55. The molecule has 176 valence electrons. The Hall–Kier alpha value is -2.79. The van der Waals surface area contributed by atoms with E-state index < -0.39 is 10.0 Å². The van der Waals surface area contributed by atoms with Crippen molar-refractivity contribution in [3.05, 3.63) is 66.6 Å². The number of anilines is 4. The van der Waals surface area contributed by atoms with E-state index in [1.165, 1.54) is 16.4 Å². The maximum atomic E-state index is 13.1. The summed E-state index contributed by atoms with van der Waals surface area (Å²) < 4.78 is 40.5. The summed E-state index contributed by atoms with van der Waals surface area (Å²) in [5.74, 6) is 0.574. The van der Waals surface area contributed by atoms with Gasteiger partial charge in [-0.3, -0.25) is 0 Å². The third-order valence-electron chi connectivity index (χ3n) is 5.38. The Morgan fingerprint density at radius 2 is 1.58 bits per heavy atom. The maximum Gasteiger partial charge on any atom is 0.243 e. The van der Waals surface area contributed by atoms with Crippen LogP contribution in [0.3, 0.4) is 0 Å². The first-order valence-corrected chi connectivity index (χ1v) is 11.8. The van der Waals surface area contributed by atoms with E-state index in [0.717, 1.165) is 25.9 Å². The molecule has 0 bridgehead atoms. The fourth-order valence-electron chi connectivity index (χ4n) is 3.54. The number of halogens is 2. The van der Waals surface area contributed by atoms with E-state index in [1.807, 2.05) is 0 Å². The molecule has 0 amide bonds. The van der Waals surface area contributed by atoms with Gasteiger partial charge in [0.15, 0.2) is 0 Å². The van der Waals surface area contributed by atoms with Gasteiger partial charge in [-0.15, -0.1) is 12.4 Å². The maximum absolute atomic E-state index is 13.1. The topological polar surface area (TPSA) is 99.3 Å². The Morgan fingerprint density at radius 1 is 0.970 bits per heavy atom. The smallest absolute Gasteiger partial charge is 0.243 e. The molecule has 1 fully saturated rings. The Kier molecular flexibility index (Phi) is 8.20. The molecule has 3 aromatic rings. The number of nitrogens with one attached hydrogen (secondary N) is 3. The number of sulfonamides is 1. The zero-order chi connectivity index (χ0) is 22.6. The van der Waals surface area contributed by atoms with Gasteiger partial charge in [-0.1, -0.05) is 0 Å². The highest BCUT2D eigenvalue weighted by Crippen LogP contribution is 2.23. The van der Waals surface area contributed by atoms with Crippen LogP contribution in [0.25, 0.3) is 0 Å². The van der Waals surface area contributed by atoms with Crippen LogP contribution in [0.5, 0.6) is 0 Å². The summed E-state index contributed by atoms with van der Waals surface area (Å²) in [6.07, 6.45) is 3.19. The zero-order valence-corrected chi connectivity index (χ0v) is 19.7. The minimum absolute atomic E-state index is 0. The molecule has 0 atom stereocenters. The van der Waals surface area contributed by atoms with Crippen LogP contribution >= 0.6 is 12.4 Å². The number of rotatable bonds is 7. The predicted molar refractivity (Wildman–Crippen MR) is 130 cm³/mol. The van der Waals surface area contributed by atoms with Gasteiger partial charge in [0.05, 0.1) is 4.90 Å². The first kappa shape index (κ1) is 24.8. The van der Waals surface area contributed by atoms with Crippen LogP contribution in [0.1, 0.15) is 12.8 Å². The van der Waals surface area contributed by atoms with E-state index in [2.05, 4.69) is 25.9 Å². The van der Waals surface area contributed by atoms with Gasteiger partial charge in [-0.25, -0.2) is 17.8 Å². The number of aromatic nitrogens is 2. The lowest BCUT2D eigenvalue weighted by atomic mass is 10.1. The fraction of sp³-hybridized carbons (Fsp3) is 0.273. The van der Waals surface area contributed by atoms with Crippen molar-refractivity contribution in [2.24, 2.45) is 0 Å². The lowest BCUT2D eigenvalue weighted by Gasteiger charge is -2.30. The Bertz CT molecular complexity index is 1160. The number of hydrogen-bond donors (Lipinski definition) is 3. The highest BCUT2D eigenvalue weighted by molar-refractivity contribution is 7.89. The standard InChI is InChI=1S/C22H25FN6O2S.ClH/c1-29(19-10-13-24-14-11-19)32(30,31)20-8-6-18(7-9-20)27-22-25-15-12-21(28-22)26-17-4-2-16(23)3-5-17;/h2-9,12,15,19,24H,10-11,13-14H2,1H3,(H2,25,26,27,28);1H. The van der Waals surface area contributed by atoms with E-state index in [4.69, 9.17) is 0 Å². The second-order valence-electron chi connectivity index (χ2n) is 7.55. The van der Waals surface area contributed by atoms with Gasteiger partial charge in [0.1, 0.15) is 11.6 Å². The third kappa shape index (κ3) is 6.17. The van der Waals surface area contributed by atoms with Crippen LogP contribution in [0.4, 0.5) is 27.5 Å². The molecule has 0 saturated carbocycles. The average molecular weight is 493 g/mol. The van der Waals surface area contributed by atoms with Gasteiger partial charge < -0.3 is 16.0 Å². The second kappa shape index (κ2) is 10.9. The summed E-state index contributed by atoms with van der Waals surface area (Å²) in [5.41, 5.74) is 1.36. The van der Waals surface area contributed by atoms with Crippen molar-refractivity contribution in [2.75, 3.05) is 30.8 Å². The summed E-state index contributed by atoms with van der Waals surface area (Å²) in [7, 11) is -1.92. The first-order valence-electron chi connectivity index (χ1n) is 10.3. The zero-order valence-electron chi connectivity index (χ0n) is 18.0. The van der Waals surface area contributed by atoms with Crippen molar-refractivity contribution in [2.45, 2.75) is 23.8 Å². The van der Waals surface area contributed by atoms with E-state index >= 15 is 0 Å². The van der Waals surface area contributed by atoms with Crippen LogP contribution in [-0.4, -0.2) is 48.9 Å². The molecule has 4 rings (SSSR count). The first-order chi connectivity index (χ1) is 15.4. The van der Waals surface area contributed by atoms with Crippen molar-refractivity contribution in [3.8, 4) is 0 Å². The highest BCUT2D eigenvalue weighted by atomic mass is 35.5. The van der Waals surface area contributed by atoms with Crippen molar-refractivity contribution in [1.82, 2.24) is 19.6 Å². The van der Waals surface area contributed by atoms with Gasteiger partial charge in [0.2, 0.25) is 16.0 Å². The number of nitrogens with zero attached hydrogens (tertiary/aromatic N) is 3. The van der Waals surface area contributed by atoms with Crippen molar-refractivity contribution >= 4 is 45.6 Å². The van der Waals surface area contributed by atoms with E-state index in [0.29, 0.717) is 23.1 Å². The molecule has 1 aliphatic heterocycles. The summed E-state index contributed by atoms with van der Waals surface area (Å²) in [6.45, 7) is 1.64. The average Bonchev–Trinajstić information content (AvgIpc) is 2.81. The summed E-state index contributed by atoms with van der Waals surface area (Å²) >= 11 is 0. The molecule has 3 N–H and O–H groups in total. The molecule has 0 unspecified atom stereocenters. The summed E-state index contributed by atoms with van der Waals surface area (Å²) in [6, 6.07) is 14.2. The van der Waals surface area contributed by atoms with Crippen LogP contribution in [0.15, 0.2) is 65.7 Å². The lowest BCUT2D eigenvalue weighted by molar-refractivity contribution is 0.296. The van der Waals surface area contributed by atoms with Crippen LogP contribution in [0.2, 0.25) is 0 Å². The highest BCUT2D eigenvalue weighted by Gasteiger charge is 2.28. The molecule has 1 aromatic heterocycles. The van der Waals surface area contributed by atoms with E-state index in [9.17, 15) is 12.8 Å². The molecule has 11 heteroatoms. The summed E-state index contributed by atoms with van der Waals surface area (Å²) in [5, 5.41) is 9.40. The molecule has 1 saturated heterocycles. The molecule has 2 heterocycles. The molecule has 2 aromatic carbocycles. The molecule has 0 radical (unpaired) electrons. The van der Waals surface area contributed by atoms with Gasteiger partial charge in [-0.2, -0.15) is 9.29 Å². The lowest BCUT2D eigenvalue weighted by Crippen LogP contribution is -2.43. The number of piperidine rings is 1. The minimum Gasteiger partial charge on any atom is -0.340 e. The summed E-state index contributed by atoms with van der Waals surface area (Å²) in [4.78, 5) is 8.83. The largest absolute Gasteiger partial charge is 0.340 e. The molecule has 33 heavy (non-hydrogen) atoms. The van der Waals surface area contributed by atoms with E-state index in [1.54, 1.807) is 55.7 Å². The van der Waals surface area contributed by atoms with Crippen molar-refractivity contribution in [1.29, 1.82) is 0 Å². The van der Waals surface area contributed by atoms with E-state index in [-0.39, 0.29) is 29.2 Å². The van der Waals surface area contributed by atoms with Gasteiger partial charge in [0.25, 0.3) is 0 Å².